The quantitative estimate of drug-likeness (QED) is 0.756. The number of aryl methyl sites for hydroxylation is 2. The summed E-state index contributed by atoms with van der Waals surface area (Å²) in [7, 11) is 0. The Morgan fingerprint density at radius 2 is 2.00 bits per heavy atom. The van der Waals surface area contributed by atoms with E-state index in [4.69, 9.17) is 11.5 Å². The second kappa shape index (κ2) is 5.54. The van der Waals surface area contributed by atoms with Crippen molar-refractivity contribution in [1.82, 2.24) is 0 Å². The van der Waals surface area contributed by atoms with Gasteiger partial charge in [-0.05, 0) is 50.6 Å². The maximum Gasteiger partial charge on any atom is 0.250 e. The van der Waals surface area contributed by atoms with Gasteiger partial charge in [0.25, 0.3) is 5.91 Å². The molecular formula is C15H19N3OS. The van der Waals surface area contributed by atoms with Crippen LogP contribution in [0.1, 0.15) is 38.6 Å². The highest BCUT2D eigenvalue weighted by Gasteiger charge is 2.12. The number of rotatable bonds is 4. The minimum absolute atomic E-state index is 0.157. The molecule has 2 aromatic rings. The van der Waals surface area contributed by atoms with Gasteiger partial charge in [-0.1, -0.05) is 0 Å². The molecule has 5 heteroatoms. The third-order valence-corrected chi connectivity index (χ3v) is 4.23. The highest BCUT2D eigenvalue weighted by molar-refractivity contribution is 7.12. The molecule has 0 saturated carbocycles. The van der Waals surface area contributed by atoms with Crippen molar-refractivity contribution in [3.8, 4) is 0 Å². The van der Waals surface area contributed by atoms with Crippen LogP contribution in [0.25, 0.3) is 0 Å². The van der Waals surface area contributed by atoms with Gasteiger partial charge in [0.1, 0.15) is 0 Å². The second-order valence-corrected chi connectivity index (χ2v) is 6.36. The van der Waals surface area contributed by atoms with E-state index in [9.17, 15) is 4.79 Å². The van der Waals surface area contributed by atoms with Crippen LogP contribution in [0.15, 0.2) is 24.3 Å². The Balaban J connectivity index is 2.24. The summed E-state index contributed by atoms with van der Waals surface area (Å²) in [5.74, 6) is -0.513. The highest BCUT2D eigenvalue weighted by Crippen LogP contribution is 2.29. The molecule has 1 amide bonds. The van der Waals surface area contributed by atoms with E-state index in [2.05, 4.69) is 32.2 Å². The number of nitrogens with one attached hydrogen (secondary N) is 1. The van der Waals surface area contributed by atoms with Crippen LogP contribution in [0, 0.1) is 13.8 Å². The summed E-state index contributed by atoms with van der Waals surface area (Å²) in [5, 5.41) is 3.38. The van der Waals surface area contributed by atoms with Crippen LogP contribution in [-0.2, 0) is 0 Å². The van der Waals surface area contributed by atoms with Gasteiger partial charge in [-0.2, -0.15) is 0 Å². The predicted octanol–water partition coefficient (Wildman–Crippen LogP) is 3.22. The Bertz CT molecular complexity index is 649. The molecule has 0 aliphatic rings. The molecule has 106 valence electrons. The molecule has 1 aromatic heterocycles. The number of carbonyl (C=O) groups is 1. The molecule has 0 aliphatic carbocycles. The molecule has 2 rings (SSSR count). The monoisotopic (exact) mass is 289 g/mol. The number of hydrogen-bond acceptors (Lipinski definition) is 4. The van der Waals surface area contributed by atoms with Gasteiger partial charge in [-0.15, -0.1) is 11.3 Å². The molecule has 20 heavy (non-hydrogen) atoms. The van der Waals surface area contributed by atoms with Crippen molar-refractivity contribution in [2.24, 2.45) is 5.73 Å². The summed E-state index contributed by atoms with van der Waals surface area (Å²) >= 11 is 1.78. The molecule has 0 fully saturated rings. The second-order valence-electron chi connectivity index (χ2n) is 4.90. The fourth-order valence-electron chi connectivity index (χ4n) is 2.27. The number of nitrogens with two attached hydrogens (primary N) is 2. The van der Waals surface area contributed by atoms with E-state index in [0.29, 0.717) is 11.3 Å². The van der Waals surface area contributed by atoms with E-state index in [-0.39, 0.29) is 6.04 Å². The average Bonchev–Trinajstić information content (AvgIpc) is 2.70. The Morgan fingerprint density at radius 1 is 1.30 bits per heavy atom. The number of thiophene rings is 1. The van der Waals surface area contributed by atoms with Gasteiger partial charge < -0.3 is 16.8 Å². The fourth-order valence-corrected chi connectivity index (χ4v) is 3.29. The van der Waals surface area contributed by atoms with Gasteiger partial charge in [0, 0.05) is 27.2 Å². The van der Waals surface area contributed by atoms with Gasteiger partial charge >= 0.3 is 0 Å². The standard InChI is InChI=1S/C15H19N3OS/c1-8-6-12(10(3)20-8)9(2)18-11-4-5-14(16)13(7-11)15(17)19/h4-7,9,18H,16H2,1-3H3,(H2,17,19). The largest absolute Gasteiger partial charge is 0.398 e. The lowest BCUT2D eigenvalue weighted by Gasteiger charge is -2.16. The van der Waals surface area contributed by atoms with E-state index in [1.165, 1.54) is 15.3 Å². The number of anilines is 2. The van der Waals surface area contributed by atoms with Gasteiger partial charge in [-0.25, -0.2) is 0 Å². The number of carbonyl (C=O) groups excluding carboxylic acids is 1. The normalized spacial score (nSPS) is 12.2. The first-order valence-electron chi connectivity index (χ1n) is 6.41. The summed E-state index contributed by atoms with van der Waals surface area (Å²) in [6.45, 7) is 6.31. The molecule has 0 bridgehead atoms. The van der Waals surface area contributed by atoms with Crippen molar-refractivity contribution in [3.05, 3.63) is 45.1 Å². The van der Waals surface area contributed by atoms with Crippen LogP contribution in [-0.4, -0.2) is 5.91 Å². The minimum Gasteiger partial charge on any atom is -0.398 e. The van der Waals surface area contributed by atoms with Crippen molar-refractivity contribution < 1.29 is 4.79 Å². The first-order valence-corrected chi connectivity index (χ1v) is 7.23. The molecule has 0 radical (unpaired) electrons. The van der Waals surface area contributed by atoms with Crippen molar-refractivity contribution in [1.29, 1.82) is 0 Å². The van der Waals surface area contributed by atoms with E-state index in [1.807, 2.05) is 6.07 Å². The molecule has 1 aromatic carbocycles. The average molecular weight is 289 g/mol. The lowest BCUT2D eigenvalue weighted by atomic mass is 10.1. The van der Waals surface area contributed by atoms with Crippen LogP contribution in [0.2, 0.25) is 0 Å². The topological polar surface area (TPSA) is 81.1 Å². The Labute approximate surface area is 122 Å². The third-order valence-electron chi connectivity index (χ3n) is 3.25. The van der Waals surface area contributed by atoms with Crippen molar-refractivity contribution in [2.75, 3.05) is 11.1 Å². The maximum absolute atomic E-state index is 11.3. The molecule has 4 nitrogen and oxygen atoms in total. The van der Waals surface area contributed by atoms with Crippen molar-refractivity contribution >= 4 is 28.6 Å². The van der Waals surface area contributed by atoms with Crippen LogP contribution >= 0.6 is 11.3 Å². The zero-order valence-corrected chi connectivity index (χ0v) is 12.7. The predicted molar refractivity (Wildman–Crippen MR) is 85.2 cm³/mol. The molecule has 1 atom stereocenters. The minimum atomic E-state index is -0.513. The SMILES string of the molecule is Cc1cc(C(C)Nc2ccc(N)c(C(N)=O)c2)c(C)s1. The third kappa shape index (κ3) is 2.93. The highest BCUT2D eigenvalue weighted by atomic mass is 32.1. The molecule has 0 saturated heterocycles. The van der Waals surface area contributed by atoms with Gasteiger partial charge in [0.15, 0.2) is 0 Å². The maximum atomic E-state index is 11.3. The molecule has 5 N–H and O–H groups in total. The zero-order chi connectivity index (χ0) is 14.9. The van der Waals surface area contributed by atoms with E-state index < -0.39 is 5.91 Å². The first-order chi connectivity index (χ1) is 9.38. The van der Waals surface area contributed by atoms with E-state index in [1.54, 1.807) is 23.5 Å². The van der Waals surface area contributed by atoms with Gasteiger partial charge in [-0.3, -0.25) is 4.79 Å². The van der Waals surface area contributed by atoms with Crippen LogP contribution in [0.4, 0.5) is 11.4 Å². The molecular weight excluding hydrogens is 270 g/mol. The van der Waals surface area contributed by atoms with Gasteiger partial charge in [0.05, 0.1) is 5.56 Å². The van der Waals surface area contributed by atoms with E-state index in [0.717, 1.165) is 5.69 Å². The Hall–Kier alpha value is -2.01. The molecule has 0 spiro atoms. The molecule has 1 unspecified atom stereocenters. The summed E-state index contributed by atoms with van der Waals surface area (Å²) in [6, 6.07) is 7.59. The molecule has 1 heterocycles. The van der Waals surface area contributed by atoms with Crippen molar-refractivity contribution in [2.45, 2.75) is 26.8 Å². The van der Waals surface area contributed by atoms with Crippen molar-refractivity contribution in [3.63, 3.8) is 0 Å². The zero-order valence-electron chi connectivity index (χ0n) is 11.9. The Morgan fingerprint density at radius 3 is 2.55 bits per heavy atom. The number of amides is 1. The van der Waals surface area contributed by atoms with E-state index >= 15 is 0 Å². The van der Waals surface area contributed by atoms with Crippen LogP contribution in [0.3, 0.4) is 0 Å². The van der Waals surface area contributed by atoms with Gasteiger partial charge in [0.2, 0.25) is 0 Å². The summed E-state index contributed by atoms with van der Waals surface area (Å²) in [5.41, 5.74) is 13.9. The lowest BCUT2D eigenvalue weighted by Crippen LogP contribution is -2.14. The summed E-state index contributed by atoms with van der Waals surface area (Å²) in [4.78, 5) is 13.9. The molecule has 0 aliphatic heterocycles. The van der Waals surface area contributed by atoms with Crippen LogP contribution in [0.5, 0.6) is 0 Å². The summed E-state index contributed by atoms with van der Waals surface area (Å²) < 4.78 is 0. The number of nitrogen functional groups attached to an aromatic ring is 1. The fraction of sp³-hybridized carbons (Fsp3) is 0.267. The number of primary amides is 1. The van der Waals surface area contributed by atoms with Crippen LogP contribution < -0.4 is 16.8 Å². The number of benzene rings is 1. The smallest absolute Gasteiger partial charge is 0.250 e. The Kier molecular flexibility index (Phi) is 3.99. The summed E-state index contributed by atoms with van der Waals surface area (Å²) in [6.07, 6.45) is 0. The first kappa shape index (κ1) is 14.4. The lowest BCUT2D eigenvalue weighted by molar-refractivity contribution is 0.100. The number of hydrogen-bond donors (Lipinski definition) is 3.